The van der Waals surface area contributed by atoms with Crippen molar-refractivity contribution >= 4 is 11.8 Å². The van der Waals surface area contributed by atoms with Crippen molar-refractivity contribution in [3.63, 3.8) is 0 Å². The molecule has 0 aromatic heterocycles. The van der Waals surface area contributed by atoms with E-state index in [0.717, 1.165) is 18.9 Å². The zero-order chi connectivity index (χ0) is 18.7. The van der Waals surface area contributed by atoms with E-state index < -0.39 is 11.6 Å². The number of piperidine rings is 1. The molecule has 142 valence electrons. The van der Waals surface area contributed by atoms with Gasteiger partial charge in [-0.15, -0.1) is 0 Å². The standard InChI is InChI=1S/C19H24F2N2O3/c1-2-26-12-18(25)22-5-3-19(4-6-22)10-17(24)23(13-19)11-14-7-15(20)9-16(21)8-14/h7-9H,2-6,10-13H2,1H3. The molecule has 0 bridgehead atoms. The minimum atomic E-state index is -0.637. The van der Waals surface area contributed by atoms with Crippen LogP contribution in [-0.2, 0) is 20.9 Å². The Labute approximate surface area is 151 Å². The molecule has 1 aromatic carbocycles. The molecule has 2 fully saturated rings. The van der Waals surface area contributed by atoms with Crippen LogP contribution in [0.4, 0.5) is 8.78 Å². The number of likely N-dealkylation sites (tertiary alicyclic amines) is 2. The lowest BCUT2D eigenvalue weighted by molar-refractivity contribution is -0.138. The van der Waals surface area contributed by atoms with Gasteiger partial charge < -0.3 is 14.5 Å². The minimum Gasteiger partial charge on any atom is -0.372 e. The number of hydrogen-bond acceptors (Lipinski definition) is 3. The predicted octanol–water partition coefficient (Wildman–Crippen LogP) is 2.34. The van der Waals surface area contributed by atoms with E-state index in [9.17, 15) is 18.4 Å². The molecule has 2 heterocycles. The third-order valence-electron chi connectivity index (χ3n) is 5.31. The van der Waals surface area contributed by atoms with Gasteiger partial charge in [0.2, 0.25) is 11.8 Å². The summed E-state index contributed by atoms with van der Waals surface area (Å²) in [5.41, 5.74) is 0.308. The highest BCUT2D eigenvalue weighted by Crippen LogP contribution is 2.41. The molecule has 0 saturated carbocycles. The number of carbonyl (C=O) groups is 2. The van der Waals surface area contributed by atoms with E-state index in [4.69, 9.17) is 4.74 Å². The quantitative estimate of drug-likeness (QED) is 0.804. The summed E-state index contributed by atoms with van der Waals surface area (Å²) >= 11 is 0. The van der Waals surface area contributed by atoms with Crippen LogP contribution in [0.5, 0.6) is 0 Å². The Hall–Kier alpha value is -2.02. The number of carbonyl (C=O) groups excluding carboxylic acids is 2. The Balaban J connectivity index is 1.58. The molecular weight excluding hydrogens is 342 g/mol. The Morgan fingerprint density at radius 2 is 1.85 bits per heavy atom. The second kappa shape index (κ2) is 7.70. The van der Waals surface area contributed by atoms with Crippen molar-refractivity contribution in [3.8, 4) is 0 Å². The summed E-state index contributed by atoms with van der Waals surface area (Å²) in [6.45, 7) is 4.46. The van der Waals surface area contributed by atoms with E-state index in [2.05, 4.69) is 0 Å². The molecule has 5 nitrogen and oxygen atoms in total. The van der Waals surface area contributed by atoms with Gasteiger partial charge in [-0.2, -0.15) is 0 Å². The third-order valence-corrected chi connectivity index (χ3v) is 5.31. The van der Waals surface area contributed by atoms with Crippen molar-refractivity contribution in [2.45, 2.75) is 32.7 Å². The normalized spacial score (nSPS) is 19.4. The molecule has 3 rings (SSSR count). The number of nitrogens with zero attached hydrogens (tertiary/aromatic N) is 2. The number of benzene rings is 1. The first-order chi connectivity index (χ1) is 12.4. The van der Waals surface area contributed by atoms with Gasteiger partial charge in [0.25, 0.3) is 0 Å². The van der Waals surface area contributed by atoms with Crippen LogP contribution in [0.2, 0.25) is 0 Å². The molecule has 0 aliphatic carbocycles. The SMILES string of the molecule is CCOCC(=O)N1CCC2(CC1)CC(=O)N(Cc1cc(F)cc(F)c1)C2. The van der Waals surface area contributed by atoms with Crippen LogP contribution in [0.15, 0.2) is 18.2 Å². The summed E-state index contributed by atoms with van der Waals surface area (Å²) in [7, 11) is 0. The molecule has 0 N–H and O–H groups in total. The van der Waals surface area contributed by atoms with Gasteiger partial charge in [0.1, 0.15) is 18.2 Å². The second-order valence-corrected chi connectivity index (χ2v) is 7.22. The molecule has 2 saturated heterocycles. The van der Waals surface area contributed by atoms with Crippen molar-refractivity contribution < 1.29 is 23.1 Å². The summed E-state index contributed by atoms with van der Waals surface area (Å²) in [5, 5.41) is 0. The molecule has 2 amide bonds. The van der Waals surface area contributed by atoms with E-state index in [0.29, 0.717) is 38.2 Å². The van der Waals surface area contributed by atoms with E-state index in [1.165, 1.54) is 12.1 Å². The zero-order valence-electron chi connectivity index (χ0n) is 15.0. The zero-order valence-corrected chi connectivity index (χ0v) is 15.0. The predicted molar refractivity (Wildman–Crippen MR) is 91.1 cm³/mol. The Morgan fingerprint density at radius 1 is 1.19 bits per heavy atom. The molecule has 26 heavy (non-hydrogen) atoms. The number of hydrogen-bond donors (Lipinski definition) is 0. The van der Waals surface area contributed by atoms with Crippen LogP contribution in [-0.4, -0.2) is 54.5 Å². The monoisotopic (exact) mass is 366 g/mol. The lowest BCUT2D eigenvalue weighted by Gasteiger charge is -2.38. The fourth-order valence-electron chi connectivity index (χ4n) is 3.89. The van der Waals surface area contributed by atoms with Crippen molar-refractivity contribution in [2.24, 2.45) is 5.41 Å². The lowest BCUT2D eigenvalue weighted by atomic mass is 9.77. The molecular formula is C19H24F2N2O3. The van der Waals surface area contributed by atoms with Crippen LogP contribution in [0.3, 0.4) is 0 Å². The molecule has 0 atom stereocenters. The van der Waals surface area contributed by atoms with E-state index in [1.807, 2.05) is 6.92 Å². The fraction of sp³-hybridized carbons (Fsp3) is 0.579. The summed E-state index contributed by atoms with van der Waals surface area (Å²) in [5.74, 6) is -1.29. The largest absolute Gasteiger partial charge is 0.372 e. The maximum Gasteiger partial charge on any atom is 0.248 e. The minimum absolute atomic E-state index is 0.00348. The van der Waals surface area contributed by atoms with Crippen LogP contribution in [0.25, 0.3) is 0 Å². The molecule has 0 radical (unpaired) electrons. The van der Waals surface area contributed by atoms with Crippen LogP contribution in [0, 0.1) is 17.0 Å². The third kappa shape index (κ3) is 4.20. The number of halogens is 2. The van der Waals surface area contributed by atoms with Crippen molar-refractivity contribution in [2.75, 3.05) is 32.8 Å². The van der Waals surface area contributed by atoms with Crippen molar-refractivity contribution in [1.29, 1.82) is 0 Å². The lowest BCUT2D eigenvalue weighted by Crippen LogP contribution is -2.45. The van der Waals surface area contributed by atoms with Gasteiger partial charge in [-0.05, 0) is 37.5 Å². The Kier molecular flexibility index (Phi) is 5.55. The van der Waals surface area contributed by atoms with E-state index in [1.54, 1.807) is 9.80 Å². The van der Waals surface area contributed by atoms with Gasteiger partial charge in [-0.1, -0.05) is 0 Å². The van der Waals surface area contributed by atoms with Crippen LogP contribution >= 0.6 is 0 Å². The van der Waals surface area contributed by atoms with Gasteiger partial charge in [0.15, 0.2) is 0 Å². The molecule has 0 unspecified atom stereocenters. The molecule has 1 spiro atoms. The Bertz CT molecular complexity index is 667. The smallest absolute Gasteiger partial charge is 0.248 e. The summed E-state index contributed by atoms with van der Waals surface area (Å²) in [6, 6.07) is 3.35. The number of ether oxygens (including phenoxy) is 1. The highest BCUT2D eigenvalue weighted by molar-refractivity contribution is 5.80. The first kappa shape index (κ1) is 18.8. The maximum absolute atomic E-state index is 13.4. The van der Waals surface area contributed by atoms with Gasteiger partial charge in [-0.3, -0.25) is 9.59 Å². The molecule has 7 heteroatoms. The highest BCUT2D eigenvalue weighted by atomic mass is 19.1. The highest BCUT2D eigenvalue weighted by Gasteiger charge is 2.45. The van der Waals surface area contributed by atoms with Gasteiger partial charge in [0, 0.05) is 50.7 Å². The van der Waals surface area contributed by atoms with Crippen LogP contribution in [0.1, 0.15) is 31.7 Å². The molecule has 2 aliphatic rings. The summed E-state index contributed by atoms with van der Waals surface area (Å²) in [6.07, 6.45) is 1.94. The van der Waals surface area contributed by atoms with E-state index in [-0.39, 0.29) is 30.4 Å². The van der Waals surface area contributed by atoms with Gasteiger partial charge in [0.05, 0.1) is 0 Å². The second-order valence-electron chi connectivity index (χ2n) is 7.22. The van der Waals surface area contributed by atoms with Crippen molar-refractivity contribution in [3.05, 3.63) is 35.4 Å². The maximum atomic E-state index is 13.4. The average Bonchev–Trinajstić information content (AvgIpc) is 2.87. The topological polar surface area (TPSA) is 49.9 Å². The van der Waals surface area contributed by atoms with E-state index >= 15 is 0 Å². The number of rotatable bonds is 5. The Morgan fingerprint density at radius 3 is 2.46 bits per heavy atom. The van der Waals surface area contributed by atoms with Gasteiger partial charge >= 0.3 is 0 Å². The van der Waals surface area contributed by atoms with Crippen molar-refractivity contribution in [1.82, 2.24) is 9.80 Å². The van der Waals surface area contributed by atoms with Gasteiger partial charge in [-0.25, -0.2) is 8.78 Å². The average molecular weight is 366 g/mol. The van der Waals surface area contributed by atoms with Crippen LogP contribution < -0.4 is 0 Å². The number of amides is 2. The summed E-state index contributed by atoms with van der Waals surface area (Å²) in [4.78, 5) is 27.9. The first-order valence-electron chi connectivity index (χ1n) is 8.99. The first-order valence-corrected chi connectivity index (χ1v) is 8.99. The molecule has 2 aliphatic heterocycles. The molecule has 1 aromatic rings. The summed E-state index contributed by atoms with van der Waals surface area (Å²) < 4.78 is 31.9. The fourth-order valence-corrected chi connectivity index (χ4v) is 3.89.